The summed E-state index contributed by atoms with van der Waals surface area (Å²) in [5.74, 6) is 0.226. The van der Waals surface area contributed by atoms with Crippen molar-refractivity contribution in [1.29, 1.82) is 0 Å². The lowest BCUT2D eigenvalue weighted by atomic mass is 10.1. The first kappa shape index (κ1) is 25.8. The quantitative estimate of drug-likeness (QED) is 0.394. The monoisotopic (exact) mass is 475 g/mol. The van der Waals surface area contributed by atoms with E-state index in [4.69, 9.17) is 9.47 Å². The number of methoxy groups -OCH3 is 1. The lowest BCUT2D eigenvalue weighted by molar-refractivity contribution is 0.0472. The Morgan fingerprint density at radius 2 is 1.51 bits per heavy atom. The van der Waals surface area contributed by atoms with Crippen LogP contribution in [0.15, 0.2) is 78.9 Å². The number of benzene rings is 3. The molecular weight excluding hydrogens is 442 g/mol. The Balaban J connectivity index is 1.64. The summed E-state index contributed by atoms with van der Waals surface area (Å²) in [5, 5.41) is 2.96. The molecule has 0 spiro atoms. The summed E-state index contributed by atoms with van der Waals surface area (Å²) in [4.78, 5) is 29.4. The summed E-state index contributed by atoms with van der Waals surface area (Å²) in [6.45, 7) is 2.09. The van der Waals surface area contributed by atoms with Crippen LogP contribution in [0.5, 0.6) is 5.75 Å². The molecular formula is C28H33N3O4. The van der Waals surface area contributed by atoms with E-state index in [1.54, 1.807) is 24.1 Å². The molecule has 0 aliphatic rings. The molecule has 7 heteroatoms. The zero-order chi connectivity index (χ0) is 25.0. The number of carbonyl (C=O) groups excluding carboxylic acids is 2. The van der Waals surface area contributed by atoms with Crippen LogP contribution in [0.4, 0.5) is 10.5 Å². The minimum absolute atomic E-state index is 0.209. The summed E-state index contributed by atoms with van der Waals surface area (Å²) in [7, 11) is 5.59. The molecule has 0 saturated heterocycles. The van der Waals surface area contributed by atoms with Gasteiger partial charge in [-0.2, -0.15) is 0 Å². The van der Waals surface area contributed by atoms with E-state index < -0.39 is 0 Å². The van der Waals surface area contributed by atoms with E-state index in [0.29, 0.717) is 30.1 Å². The van der Waals surface area contributed by atoms with Gasteiger partial charge in [0.05, 0.1) is 18.4 Å². The Kier molecular flexibility index (Phi) is 9.69. The highest BCUT2D eigenvalue weighted by Gasteiger charge is 2.17. The Morgan fingerprint density at radius 1 is 0.829 bits per heavy atom. The number of ether oxygens (including phenoxy) is 2. The molecule has 2 amide bonds. The molecule has 0 aromatic heterocycles. The Morgan fingerprint density at radius 3 is 2.20 bits per heavy atom. The van der Waals surface area contributed by atoms with Crippen LogP contribution in [-0.2, 0) is 17.9 Å². The molecule has 7 nitrogen and oxygen atoms in total. The number of para-hydroxylation sites is 2. The van der Waals surface area contributed by atoms with Crippen molar-refractivity contribution in [2.24, 2.45) is 0 Å². The van der Waals surface area contributed by atoms with Crippen LogP contribution in [0.25, 0.3) is 0 Å². The van der Waals surface area contributed by atoms with Gasteiger partial charge in [0.1, 0.15) is 12.4 Å². The molecule has 3 aromatic carbocycles. The van der Waals surface area contributed by atoms with E-state index >= 15 is 0 Å². The largest absolute Gasteiger partial charge is 0.495 e. The third kappa shape index (κ3) is 8.15. The normalized spacial score (nSPS) is 10.6. The van der Waals surface area contributed by atoms with Crippen molar-refractivity contribution in [2.75, 3.05) is 39.6 Å². The standard InChI is InChI=1S/C28H33N3O4/c1-30(2)18-9-19-31(28(33)29-25-12-7-8-13-26(25)34-3)20-22-14-16-24(17-15-22)27(32)35-21-23-10-5-4-6-11-23/h4-8,10-17H,9,18-21H2,1-3H3,(H,29,33). The molecule has 0 aliphatic carbocycles. The maximum atomic E-state index is 13.1. The third-order valence-corrected chi connectivity index (χ3v) is 5.44. The van der Waals surface area contributed by atoms with Gasteiger partial charge in [-0.25, -0.2) is 9.59 Å². The van der Waals surface area contributed by atoms with Gasteiger partial charge in [0.15, 0.2) is 0 Å². The van der Waals surface area contributed by atoms with E-state index in [1.165, 1.54) is 0 Å². The van der Waals surface area contributed by atoms with Crippen LogP contribution in [0, 0.1) is 0 Å². The van der Waals surface area contributed by atoms with Crippen molar-refractivity contribution in [2.45, 2.75) is 19.6 Å². The molecule has 0 bridgehead atoms. The van der Waals surface area contributed by atoms with Gasteiger partial charge in [0, 0.05) is 13.1 Å². The maximum Gasteiger partial charge on any atom is 0.338 e. The van der Waals surface area contributed by atoms with Crippen LogP contribution < -0.4 is 10.1 Å². The SMILES string of the molecule is COc1ccccc1NC(=O)N(CCCN(C)C)Cc1ccc(C(=O)OCc2ccccc2)cc1. The number of hydrogen-bond donors (Lipinski definition) is 1. The van der Waals surface area contributed by atoms with E-state index in [2.05, 4.69) is 10.2 Å². The highest BCUT2D eigenvalue weighted by atomic mass is 16.5. The molecule has 0 atom stereocenters. The van der Waals surface area contributed by atoms with E-state index in [-0.39, 0.29) is 18.6 Å². The van der Waals surface area contributed by atoms with Crippen LogP contribution in [0.1, 0.15) is 27.9 Å². The van der Waals surface area contributed by atoms with Crippen molar-refractivity contribution >= 4 is 17.7 Å². The number of hydrogen-bond acceptors (Lipinski definition) is 5. The van der Waals surface area contributed by atoms with Crippen LogP contribution >= 0.6 is 0 Å². The number of nitrogens with zero attached hydrogens (tertiary/aromatic N) is 2. The minimum Gasteiger partial charge on any atom is -0.495 e. The number of esters is 1. The number of nitrogens with one attached hydrogen (secondary N) is 1. The number of carbonyl (C=O) groups is 2. The van der Waals surface area contributed by atoms with Gasteiger partial charge in [-0.3, -0.25) is 0 Å². The molecule has 0 fully saturated rings. The smallest absolute Gasteiger partial charge is 0.338 e. The number of rotatable bonds is 11. The Bertz CT molecular complexity index is 1080. The van der Waals surface area contributed by atoms with Gasteiger partial charge in [-0.1, -0.05) is 54.6 Å². The summed E-state index contributed by atoms with van der Waals surface area (Å²) in [6, 6.07) is 23.9. The molecule has 35 heavy (non-hydrogen) atoms. The van der Waals surface area contributed by atoms with E-state index in [1.807, 2.05) is 80.8 Å². The molecule has 3 aromatic rings. The molecule has 0 heterocycles. The highest BCUT2D eigenvalue weighted by Crippen LogP contribution is 2.23. The first-order chi connectivity index (χ1) is 17.0. The Labute approximate surface area is 207 Å². The second-order valence-electron chi connectivity index (χ2n) is 8.47. The van der Waals surface area contributed by atoms with Crippen molar-refractivity contribution in [3.05, 3.63) is 95.6 Å². The highest BCUT2D eigenvalue weighted by molar-refractivity contribution is 5.91. The zero-order valence-corrected chi connectivity index (χ0v) is 20.6. The molecule has 0 saturated carbocycles. The molecule has 3 rings (SSSR count). The number of amides is 2. The van der Waals surface area contributed by atoms with Gasteiger partial charge < -0.3 is 24.6 Å². The van der Waals surface area contributed by atoms with Crippen molar-refractivity contribution in [3.8, 4) is 5.75 Å². The van der Waals surface area contributed by atoms with Gasteiger partial charge in [0.2, 0.25) is 0 Å². The van der Waals surface area contributed by atoms with E-state index in [9.17, 15) is 9.59 Å². The fourth-order valence-corrected chi connectivity index (χ4v) is 3.55. The second kappa shape index (κ2) is 13.2. The topological polar surface area (TPSA) is 71.1 Å². The van der Waals surface area contributed by atoms with Crippen LogP contribution in [0.3, 0.4) is 0 Å². The summed E-state index contributed by atoms with van der Waals surface area (Å²) in [6.07, 6.45) is 0.830. The number of urea groups is 1. The average molecular weight is 476 g/mol. The van der Waals surface area contributed by atoms with Crippen LogP contribution in [-0.4, -0.2) is 56.1 Å². The third-order valence-electron chi connectivity index (χ3n) is 5.44. The second-order valence-corrected chi connectivity index (χ2v) is 8.47. The lowest BCUT2D eigenvalue weighted by Crippen LogP contribution is -2.36. The van der Waals surface area contributed by atoms with Crippen molar-refractivity contribution < 1.29 is 19.1 Å². The number of anilines is 1. The molecule has 1 N–H and O–H groups in total. The van der Waals surface area contributed by atoms with Gasteiger partial charge in [-0.05, 0) is 62.5 Å². The summed E-state index contributed by atoms with van der Waals surface area (Å²) in [5.41, 5.74) is 2.95. The van der Waals surface area contributed by atoms with E-state index in [0.717, 1.165) is 24.1 Å². The zero-order valence-electron chi connectivity index (χ0n) is 20.6. The summed E-state index contributed by atoms with van der Waals surface area (Å²) >= 11 is 0. The average Bonchev–Trinajstić information content (AvgIpc) is 2.87. The fourth-order valence-electron chi connectivity index (χ4n) is 3.55. The fraction of sp³-hybridized carbons (Fsp3) is 0.286. The molecule has 0 unspecified atom stereocenters. The van der Waals surface area contributed by atoms with Crippen molar-refractivity contribution in [3.63, 3.8) is 0 Å². The summed E-state index contributed by atoms with van der Waals surface area (Å²) < 4.78 is 10.8. The predicted molar refractivity (Wildman–Crippen MR) is 138 cm³/mol. The maximum absolute atomic E-state index is 13.1. The van der Waals surface area contributed by atoms with Gasteiger partial charge >= 0.3 is 12.0 Å². The predicted octanol–water partition coefficient (Wildman–Crippen LogP) is 5.04. The first-order valence-corrected chi connectivity index (χ1v) is 11.6. The van der Waals surface area contributed by atoms with Gasteiger partial charge in [0.25, 0.3) is 0 Å². The van der Waals surface area contributed by atoms with Crippen LogP contribution in [0.2, 0.25) is 0 Å². The molecule has 0 radical (unpaired) electrons. The minimum atomic E-state index is -0.378. The van der Waals surface area contributed by atoms with Crippen molar-refractivity contribution in [1.82, 2.24) is 9.80 Å². The lowest BCUT2D eigenvalue weighted by Gasteiger charge is -2.24. The molecule has 0 aliphatic heterocycles. The molecule has 184 valence electrons. The first-order valence-electron chi connectivity index (χ1n) is 11.6. The Hall–Kier alpha value is -3.84. The van der Waals surface area contributed by atoms with Gasteiger partial charge in [-0.15, -0.1) is 0 Å².